The number of ketones is 1. The van der Waals surface area contributed by atoms with Crippen molar-refractivity contribution in [3.8, 4) is 0 Å². The van der Waals surface area contributed by atoms with E-state index < -0.39 is 17.5 Å². The van der Waals surface area contributed by atoms with Gasteiger partial charge in [0.15, 0.2) is 18.2 Å². The van der Waals surface area contributed by atoms with Gasteiger partial charge in [0.1, 0.15) is 6.10 Å². The first-order valence-corrected chi connectivity index (χ1v) is 16.1. The van der Waals surface area contributed by atoms with Gasteiger partial charge < -0.3 is 9.47 Å². The first kappa shape index (κ1) is 30.5. The summed E-state index contributed by atoms with van der Waals surface area (Å²) in [4.78, 5) is 50.3. The summed E-state index contributed by atoms with van der Waals surface area (Å²) < 4.78 is 11.6. The summed E-state index contributed by atoms with van der Waals surface area (Å²) in [5, 5.41) is 0. The van der Waals surface area contributed by atoms with Crippen molar-refractivity contribution in [2.45, 2.75) is 132 Å². The molecule has 0 spiro atoms. The number of rotatable bonds is 5. The molecule has 9 unspecified atom stereocenters. The van der Waals surface area contributed by atoms with Gasteiger partial charge in [-0.05, 0) is 102 Å². The summed E-state index contributed by atoms with van der Waals surface area (Å²) >= 11 is 0. The molecule has 4 saturated carbocycles. The van der Waals surface area contributed by atoms with Gasteiger partial charge in [-0.2, -0.15) is 0 Å². The highest BCUT2D eigenvalue weighted by atomic mass is 16.5. The average Bonchev–Trinajstić information content (AvgIpc) is 3.17. The summed E-state index contributed by atoms with van der Waals surface area (Å²) in [6.07, 6.45) is 7.91. The summed E-state index contributed by atoms with van der Waals surface area (Å²) in [5.41, 5.74) is 1.40. The van der Waals surface area contributed by atoms with Crippen molar-refractivity contribution in [1.29, 1.82) is 0 Å². The number of carbonyl (C=O) groups is 4. The minimum Gasteiger partial charge on any atom is -0.462 e. The van der Waals surface area contributed by atoms with Crippen LogP contribution in [0, 0.1) is 50.7 Å². The molecule has 0 aromatic rings. The van der Waals surface area contributed by atoms with Gasteiger partial charge in [0, 0.05) is 31.1 Å². The topological polar surface area (TPSA) is 86.7 Å². The van der Waals surface area contributed by atoms with Gasteiger partial charge in [-0.15, -0.1) is 0 Å². The zero-order chi connectivity index (χ0) is 30.3. The molecule has 0 N–H and O–H groups in total. The number of hydrogen-bond donors (Lipinski definition) is 0. The lowest BCUT2D eigenvalue weighted by atomic mass is 9.33. The molecule has 6 nitrogen and oxygen atoms in total. The maximum absolute atomic E-state index is 13.7. The molecule has 0 radical (unpaired) electrons. The van der Waals surface area contributed by atoms with Crippen molar-refractivity contribution < 1.29 is 28.7 Å². The minimum absolute atomic E-state index is 0.0337. The molecule has 0 saturated heterocycles. The molecular weight excluding hydrogens is 516 g/mol. The van der Waals surface area contributed by atoms with Crippen molar-refractivity contribution >= 4 is 24.0 Å². The maximum Gasteiger partial charge on any atom is 0.303 e. The van der Waals surface area contributed by atoms with Crippen LogP contribution in [0.3, 0.4) is 0 Å². The fraction of sp³-hybridized carbons (Fsp3) is 0.829. The standard InChI is InChI=1S/C35H52O6/c1-20(2)29-24(39)18-35(28(19-36)41-22(4)38)17-16-33(8)23(30(29)35)10-11-26-32(7)14-13-27(40-21(3)37)31(5,6)25(32)12-15-34(26,33)9/h19-20,23,25-28H,10-18H2,1-9H3. The van der Waals surface area contributed by atoms with Crippen LogP contribution in [0.2, 0.25) is 0 Å². The van der Waals surface area contributed by atoms with Crippen molar-refractivity contribution in [2.75, 3.05) is 0 Å². The van der Waals surface area contributed by atoms with Crippen LogP contribution >= 0.6 is 0 Å². The predicted octanol–water partition coefficient (Wildman–Crippen LogP) is 7.03. The van der Waals surface area contributed by atoms with Gasteiger partial charge >= 0.3 is 11.9 Å². The summed E-state index contributed by atoms with van der Waals surface area (Å²) in [7, 11) is 0. The monoisotopic (exact) mass is 568 g/mol. The molecule has 9 atom stereocenters. The van der Waals surface area contributed by atoms with Crippen molar-refractivity contribution in [2.24, 2.45) is 50.7 Å². The zero-order valence-corrected chi connectivity index (χ0v) is 26.9. The second-order valence-electron chi connectivity index (χ2n) is 16.0. The van der Waals surface area contributed by atoms with E-state index in [9.17, 15) is 19.2 Å². The highest BCUT2D eigenvalue weighted by Crippen LogP contribution is 2.77. The third-order valence-electron chi connectivity index (χ3n) is 13.7. The fourth-order valence-electron chi connectivity index (χ4n) is 11.9. The Labute approximate surface area is 246 Å². The van der Waals surface area contributed by atoms with Gasteiger partial charge in [-0.1, -0.05) is 48.5 Å². The van der Waals surface area contributed by atoms with Gasteiger partial charge in [0.05, 0.1) is 0 Å². The average molecular weight is 569 g/mol. The van der Waals surface area contributed by atoms with Crippen LogP contribution in [0.4, 0.5) is 0 Å². The predicted molar refractivity (Wildman–Crippen MR) is 157 cm³/mol. The Morgan fingerprint density at radius 1 is 0.854 bits per heavy atom. The molecule has 5 aliphatic carbocycles. The lowest BCUT2D eigenvalue weighted by Crippen LogP contribution is -2.66. The van der Waals surface area contributed by atoms with Crippen LogP contribution in [-0.4, -0.2) is 36.2 Å². The Kier molecular flexibility index (Phi) is 7.26. The van der Waals surface area contributed by atoms with Gasteiger partial charge in [-0.25, -0.2) is 0 Å². The number of esters is 2. The van der Waals surface area contributed by atoms with E-state index in [0.29, 0.717) is 18.3 Å². The van der Waals surface area contributed by atoms with Gasteiger partial charge in [-0.3, -0.25) is 19.2 Å². The van der Waals surface area contributed by atoms with Crippen molar-refractivity contribution in [1.82, 2.24) is 0 Å². The summed E-state index contributed by atoms with van der Waals surface area (Å²) in [6.45, 7) is 19.2. The highest BCUT2D eigenvalue weighted by Gasteiger charge is 2.71. The Hall–Kier alpha value is -1.98. The van der Waals surface area contributed by atoms with E-state index in [1.165, 1.54) is 13.8 Å². The normalized spacial score (nSPS) is 43.8. The number of hydrogen-bond acceptors (Lipinski definition) is 6. The molecule has 4 fully saturated rings. The van der Waals surface area contributed by atoms with E-state index in [1.807, 2.05) is 0 Å². The lowest BCUT2D eigenvalue weighted by molar-refractivity contribution is -0.234. The smallest absolute Gasteiger partial charge is 0.303 e. The summed E-state index contributed by atoms with van der Waals surface area (Å²) in [5.74, 6) is 0.711. The second kappa shape index (κ2) is 9.77. The summed E-state index contributed by atoms with van der Waals surface area (Å²) in [6, 6.07) is 0. The molecule has 41 heavy (non-hydrogen) atoms. The number of Topliss-reactive ketones (excluding diaryl/α,β-unsaturated/α-hetero) is 1. The number of aldehydes is 1. The van der Waals surface area contributed by atoms with E-state index in [1.54, 1.807) is 0 Å². The second-order valence-corrected chi connectivity index (χ2v) is 16.0. The Morgan fingerprint density at radius 3 is 2.12 bits per heavy atom. The zero-order valence-electron chi connectivity index (χ0n) is 26.9. The number of allylic oxidation sites excluding steroid dienone is 1. The van der Waals surface area contributed by atoms with Crippen LogP contribution in [0.1, 0.15) is 120 Å². The molecule has 6 heteroatoms. The van der Waals surface area contributed by atoms with E-state index >= 15 is 0 Å². The number of carbonyl (C=O) groups excluding carboxylic acids is 4. The van der Waals surface area contributed by atoms with Crippen LogP contribution in [0.5, 0.6) is 0 Å². The largest absolute Gasteiger partial charge is 0.462 e. The third-order valence-corrected chi connectivity index (χ3v) is 13.7. The fourth-order valence-corrected chi connectivity index (χ4v) is 11.9. The molecule has 0 aliphatic heterocycles. The number of fused-ring (bicyclic) bond motifs is 7. The van der Waals surface area contributed by atoms with Crippen LogP contribution in [-0.2, 0) is 28.7 Å². The van der Waals surface area contributed by atoms with E-state index in [4.69, 9.17) is 9.47 Å². The van der Waals surface area contributed by atoms with E-state index in [0.717, 1.165) is 62.4 Å². The molecule has 0 aromatic carbocycles. The third kappa shape index (κ3) is 4.08. The van der Waals surface area contributed by atoms with Crippen LogP contribution in [0.15, 0.2) is 11.1 Å². The van der Waals surface area contributed by atoms with Crippen LogP contribution in [0.25, 0.3) is 0 Å². The SMILES string of the molecule is CC(=O)OC(C=O)C12CCC3(C)C(CCC4C5(C)CCC(OC(C)=O)C(C)(C)C5CCC43C)C1=C(C(C)C)C(=O)C2. The Morgan fingerprint density at radius 2 is 1.54 bits per heavy atom. The highest BCUT2D eigenvalue weighted by molar-refractivity contribution is 6.01. The van der Waals surface area contributed by atoms with E-state index in [2.05, 4.69) is 48.5 Å². The molecule has 5 aliphatic rings. The number of ether oxygens (including phenoxy) is 2. The molecule has 0 aromatic heterocycles. The minimum atomic E-state index is -0.920. The molecule has 5 rings (SSSR count). The van der Waals surface area contributed by atoms with Crippen LogP contribution < -0.4 is 0 Å². The molecule has 0 bridgehead atoms. The molecule has 0 amide bonds. The molecule has 228 valence electrons. The van der Waals surface area contributed by atoms with Gasteiger partial charge in [0.25, 0.3) is 0 Å². The van der Waals surface area contributed by atoms with Gasteiger partial charge in [0.2, 0.25) is 0 Å². The van der Waals surface area contributed by atoms with Crippen molar-refractivity contribution in [3.63, 3.8) is 0 Å². The van der Waals surface area contributed by atoms with Crippen molar-refractivity contribution in [3.05, 3.63) is 11.1 Å². The first-order chi connectivity index (χ1) is 19.0. The quantitative estimate of drug-likeness (QED) is 0.261. The Balaban J connectivity index is 1.58. The lowest BCUT2D eigenvalue weighted by Gasteiger charge is -2.72. The Bertz CT molecular complexity index is 1180. The first-order valence-electron chi connectivity index (χ1n) is 16.1. The molecule has 0 heterocycles. The van der Waals surface area contributed by atoms with E-state index in [-0.39, 0.29) is 57.8 Å². The maximum atomic E-state index is 13.7. The molecular formula is C35H52O6.